The Kier molecular flexibility index (Phi) is 4.31. The molecular weight excluding hydrogens is 252 g/mol. The average molecular weight is 276 g/mol. The second-order valence-corrected chi connectivity index (χ2v) is 6.36. The molecule has 0 radical (unpaired) electrons. The number of carbonyl (C=O) groups excluding carboxylic acids is 1. The fourth-order valence-electron chi connectivity index (χ4n) is 2.72. The van der Waals surface area contributed by atoms with E-state index in [-0.39, 0.29) is 17.3 Å². The highest BCUT2D eigenvalue weighted by Crippen LogP contribution is 2.59. The fraction of sp³-hybridized carbons (Fsp3) is 0.625. The first kappa shape index (κ1) is 14.8. The van der Waals surface area contributed by atoms with E-state index in [0.29, 0.717) is 12.5 Å². The molecule has 1 aromatic rings. The standard InChI is InChI=1S/C16H24N2O2/c1-12(2)11-13-14(16(13,3)4)15(19)20-10-6-9-18-8-5-7-17-18/h5,7-8,11,13-14H,6,9-10H2,1-4H3. The van der Waals surface area contributed by atoms with Crippen LogP contribution in [0, 0.1) is 17.3 Å². The van der Waals surface area contributed by atoms with Crippen LogP contribution < -0.4 is 0 Å². The minimum Gasteiger partial charge on any atom is -0.465 e. The van der Waals surface area contributed by atoms with Crippen molar-refractivity contribution < 1.29 is 9.53 Å². The van der Waals surface area contributed by atoms with Crippen molar-refractivity contribution in [3.63, 3.8) is 0 Å². The monoisotopic (exact) mass is 276 g/mol. The number of carbonyl (C=O) groups is 1. The Morgan fingerprint density at radius 2 is 2.20 bits per heavy atom. The van der Waals surface area contributed by atoms with Crippen LogP contribution in [0.1, 0.15) is 34.1 Å². The van der Waals surface area contributed by atoms with E-state index in [4.69, 9.17) is 4.74 Å². The van der Waals surface area contributed by atoms with Gasteiger partial charge in [-0.05, 0) is 31.2 Å². The van der Waals surface area contributed by atoms with Gasteiger partial charge in [0.2, 0.25) is 0 Å². The Bertz CT molecular complexity index is 485. The number of nitrogens with zero attached hydrogens (tertiary/aromatic N) is 2. The summed E-state index contributed by atoms with van der Waals surface area (Å²) < 4.78 is 7.25. The lowest BCUT2D eigenvalue weighted by Crippen LogP contribution is -2.13. The predicted octanol–water partition coefficient (Wildman–Crippen LogP) is 3.05. The lowest BCUT2D eigenvalue weighted by molar-refractivity contribution is -0.146. The SMILES string of the molecule is CC(C)=CC1C(C(=O)OCCCn2cccn2)C1(C)C. The minimum absolute atomic E-state index is 0.0158. The molecule has 0 aromatic carbocycles. The summed E-state index contributed by atoms with van der Waals surface area (Å²) in [5.74, 6) is 0.284. The predicted molar refractivity (Wildman–Crippen MR) is 78.0 cm³/mol. The second-order valence-electron chi connectivity index (χ2n) is 6.36. The molecule has 1 aromatic heterocycles. The highest BCUT2D eigenvalue weighted by molar-refractivity contribution is 5.78. The smallest absolute Gasteiger partial charge is 0.310 e. The number of hydrogen-bond donors (Lipinski definition) is 0. The summed E-state index contributed by atoms with van der Waals surface area (Å²) >= 11 is 0. The lowest BCUT2D eigenvalue weighted by Gasteiger charge is -2.06. The molecule has 2 atom stereocenters. The van der Waals surface area contributed by atoms with Gasteiger partial charge in [-0.25, -0.2) is 0 Å². The van der Waals surface area contributed by atoms with Gasteiger partial charge in [0, 0.05) is 25.4 Å². The maximum Gasteiger partial charge on any atom is 0.310 e. The summed E-state index contributed by atoms with van der Waals surface area (Å²) in [6.45, 7) is 9.65. The number of allylic oxidation sites excluding steroid dienone is 2. The van der Waals surface area contributed by atoms with Crippen molar-refractivity contribution >= 4 is 5.97 Å². The number of hydrogen-bond acceptors (Lipinski definition) is 3. The van der Waals surface area contributed by atoms with E-state index in [1.54, 1.807) is 6.20 Å². The van der Waals surface area contributed by atoms with Crippen molar-refractivity contribution in [3.05, 3.63) is 30.1 Å². The fourth-order valence-corrected chi connectivity index (χ4v) is 2.72. The van der Waals surface area contributed by atoms with E-state index in [0.717, 1.165) is 13.0 Å². The molecule has 4 nitrogen and oxygen atoms in total. The van der Waals surface area contributed by atoms with E-state index in [2.05, 4.69) is 38.9 Å². The molecule has 0 amide bonds. The summed E-state index contributed by atoms with van der Waals surface area (Å²) in [5.41, 5.74) is 1.30. The molecule has 110 valence electrons. The minimum atomic E-state index is -0.0574. The molecule has 1 heterocycles. The zero-order chi connectivity index (χ0) is 14.8. The summed E-state index contributed by atoms with van der Waals surface area (Å²) in [6, 6.07) is 1.89. The molecule has 20 heavy (non-hydrogen) atoms. The van der Waals surface area contributed by atoms with Crippen molar-refractivity contribution in [3.8, 4) is 0 Å². The largest absolute Gasteiger partial charge is 0.465 e. The Labute approximate surface area is 120 Å². The molecule has 2 unspecified atom stereocenters. The molecule has 4 heteroatoms. The van der Waals surface area contributed by atoms with Gasteiger partial charge in [0.1, 0.15) is 0 Å². The third-order valence-corrected chi connectivity index (χ3v) is 4.01. The van der Waals surface area contributed by atoms with Gasteiger partial charge in [-0.15, -0.1) is 0 Å². The highest BCUT2D eigenvalue weighted by Gasteiger charge is 2.61. The number of aromatic nitrogens is 2. The number of ether oxygens (including phenoxy) is 1. The van der Waals surface area contributed by atoms with Crippen molar-refractivity contribution in [1.82, 2.24) is 9.78 Å². The maximum absolute atomic E-state index is 12.1. The van der Waals surface area contributed by atoms with Crippen LogP contribution in [-0.2, 0) is 16.1 Å². The molecule has 0 spiro atoms. The molecule has 1 aliphatic rings. The van der Waals surface area contributed by atoms with Crippen molar-refractivity contribution in [2.24, 2.45) is 17.3 Å². The summed E-state index contributed by atoms with van der Waals surface area (Å²) in [6.07, 6.45) is 6.66. The molecule has 0 saturated heterocycles. The number of rotatable bonds is 6. The van der Waals surface area contributed by atoms with Crippen LogP contribution in [0.4, 0.5) is 0 Å². The first-order chi connectivity index (χ1) is 9.43. The Morgan fingerprint density at radius 1 is 1.45 bits per heavy atom. The highest BCUT2D eigenvalue weighted by atomic mass is 16.5. The van der Waals surface area contributed by atoms with E-state index in [1.165, 1.54) is 5.57 Å². The topological polar surface area (TPSA) is 44.1 Å². The molecule has 0 N–H and O–H groups in total. The first-order valence-electron chi connectivity index (χ1n) is 7.22. The van der Waals surface area contributed by atoms with Crippen LogP contribution >= 0.6 is 0 Å². The van der Waals surface area contributed by atoms with Crippen molar-refractivity contribution in [2.45, 2.75) is 40.7 Å². The summed E-state index contributed by atoms with van der Waals surface area (Å²) in [5, 5.41) is 4.12. The lowest BCUT2D eigenvalue weighted by atomic mass is 10.1. The quantitative estimate of drug-likeness (QED) is 0.455. The normalized spacial score (nSPS) is 23.2. The zero-order valence-electron chi connectivity index (χ0n) is 12.8. The Hall–Kier alpha value is -1.58. The van der Waals surface area contributed by atoms with Crippen molar-refractivity contribution in [1.29, 1.82) is 0 Å². The first-order valence-corrected chi connectivity index (χ1v) is 7.22. The van der Waals surface area contributed by atoms with E-state index in [9.17, 15) is 4.79 Å². The Balaban J connectivity index is 1.74. The molecule has 1 aliphatic carbocycles. The Morgan fingerprint density at radius 3 is 2.80 bits per heavy atom. The van der Waals surface area contributed by atoms with Crippen LogP contribution in [0.15, 0.2) is 30.1 Å². The van der Waals surface area contributed by atoms with Gasteiger partial charge in [-0.3, -0.25) is 9.48 Å². The van der Waals surface area contributed by atoms with E-state index < -0.39 is 0 Å². The van der Waals surface area contributed by atoms with Gasteiger partial charge in [-0.2, -0.15) is 5.10 Å². The molecule has 1 saturated carbocycles. The van der Waals surface area contributed by atoms with Crippen molar-refractivity contribution in [2.75, 3.05) is 6.61 Å². The van der Waals surface area contributed by atoms with Gasteiger partial charge >= 0.3 is 5.97 Å². The van der Waals surface area contributed by atoms with Gasteiger partial charge in [0.15, 0.2) is 0 Å². The number of aryl methyl sites for hydroxylation is 1. The van der Waals surface area contributed by atoms with Crippen LogP contribution in [0.3, 0.4) is 0 Å². The summed E-state index contributed by atoms with van der Waals surface area (Å²) in [4.78, 5) is 12.1. The van der Waals surface area contributed by atoms with Crippen LogP contribution in [0.2, 0.25) is 0 Å². The summed E-state index contributed by atoms with van der Waals surface area (Å²) in [7, 11) is 0. The van der Waals surface area contributed by atoms with Crippen LogP contribution in [0.25, 0.3) is 0 Å². The van der Waals surface area contributed by atoms with Gasteiger partial charge in [0.05, 0.1) is 12.5 Å². The van der Waals surface area contributed by atoms with Gasteiger partial charge < -0.3 is 4.74 Å². The van der Waals surface area contributed by atoms with Gasteiger partial charge in [0.25, 0.3) is 0 Å². The van der Waals surface area contributed by atoms with E-state index >= 15 is 0 Å². The third-order valence-electron chi connectivity index (χ3n) is 4.01. The molecule has 0 aliphatic heterocycles. The van der Waals surface area contributed by atoms with E-state index in [1.807, 2.05) is 16.9 Å². The second kappa shape index (κ2) is 5.81. The van der Waals surface area contributed by atoms with Crippen LogP contribution in [0.5, 0.6) is 0 Å². The third kappa shape index (κ3) is 3.30. The zero-order valence-corrected chi connectivity index (χ0v) is 12.8. The molecule has 0 bridgehead atoms. The number of esters is 1. The molecule has 1 fully saturated rings. The molecule has 2 rings (SSSR count). The van der Waals surface area contributed by atoms with Gasteiger partial charge in [-0.1, -0.05) is 25.5 Å². The maximum atomic E-state index is 12.1. The molecular formula is C16H24N2O2. The average Bonchev–Trinajstić information content (AvgIpc) is 2.77. The van der Waals surface area contributed by atoms with Crippen LogP contribution in [-0.4, -0.2) is 22.4 Å².